The highest BCUT2D eigenvalue weighted by atomic mass is 32.1. The fourth-order valence-corrected chi connectivity index (χ4v) is 6.13. The van der Waals surface area contributed by atoms with E-state index in [1.54, 1.807) is 11.7 Å². The summed E-state index contributed by atoms with van der Waals surface area (Å²) in [4.78, 5) is 22.8. The molecule has 140 valence electrons. The molecule has 7 heteroatoms. The third-order valence-corrected chi connectivity index (χ3v) is 7.48. The van der Waals surface area contributed by atoms with E-state index in [0.717, 1.165) is 36.0 Å². The van der Waals surface area contributed by atoms with Gasteiger partial charge in [0.05, 0.1) is 17.7 Å². The number of benzene rings is 1. The maximum absolute atomic E-state index is 13.2. The third kappa shape index (κ3) is 2.34. The van der Waals surface area contributed by atoms with Crippen LogP contribution in [0.15, 0.2) is 29.9 Å². The van der Waals surface area contributed by atoms with Crippen LogP contribution >= 0.6 is 11.3 Å². The highest BCUT2D eigenvalue weighted by Crippen LogP contribution is 2.48. The van der Waals surface area contributed by atoms with Crippen molar-refractivity contribution >= 4 is 17.2 Å². The Labute approximate surface area is 161 Å². The molecule has 2 aromatic rings. The molecule has 2 bridgehead atoms. The maximum atomic E-state index is 13.2. The number of rotatable bonds is 2. The van der Waals surface area contributed by atoms with Crippen molar-refractivity contribution < 1.29 is 14.3 Å². The van der Waals surface area contributed by atoms with E-state index in [2.05, 4.69) is 26.9 Å². The molecule has 7 rings (SSSR count). The summed E-state index contributed by atoms with van der Waals surface area (Å²) in [6, 6.07) is 6.98. The standard InChI is InChI=1S/C20H21N3O3S/c24-20(17-8-21-10-27-17)23-9-14(13-1-2-15-16(7-13)26-11-25-15)19-18(23)12-3-5-22(19)6-4-12/h1-2,7-8,10,12,14,18-19H,3-6,9,11H2/t14-,18+,19+/m1/s1. The van der Waals surface area contributed by atoms with Crippen molar-refractivity contribution in [2.24, 2.45) is 5.92 Å². The molecule has 0 radical (unpaired) electrons. The number of thiazole rings is 1. The lowest BCUT2D eigenvalue weighted by atomic mass is 9.75. The quantitative estimate of drug-likeness (QED) is 0.798. The molecule has 0 unspecified atom stereocenters. The van der Waals surface area contributed by atoms with Gasteiger partial charge in [0.15, 0.2) is 11.5 Å². The Morgan fingerprint density at radius 3 is 2.81 bits per heavy atom. The molecular weight excluding hydrogens is 362 g/mol. The first-order valence-electron chi connectivity index (χ1n) is 9.62. The summed E-state index contributed by atoms with van der Waals surface area (Å²) in [5.41, 5.74) is 2.99. The van der Waals surface area contributed by atoms with E-state index in [-0.39, 0.29) is 5.91 Å². The van der Waals surface area contributed by atoms with Crippen LogP contribution in [0.1, 0.15) is 34.0 Å². The van der Waals surface area contributed by atoms with Gasteiger partial charge in [-0.25, -0.2) is 0 Å². The Bertz CT molecular complexity index is 879. The summed E-state index contributed by atoms with van der Waals surface area (Å²) < 4.78 is 11.1. The molecule has 3 atom stereocenters. The average molecular weight is 383 g/mol. The van der Waals surface area contributed by atoms with Crippen molar-refractivity contribution in [3.8, 4) is 11.5 Å². The molecule has 0 aliphatic carbocycles. The normalized spacial score (nSPS) is 33.3. The largest absolute Gasteiger partial charge is 0.454 e. The summed E-state index contributed by atoms with van der Waals surface area (Å²) in [6.07, 6.45) is 4.10. The van der Waals surface area contributed by atoms with Gasteiger partial charge < -0.3 is 14.4 Å². The summed E-state index contributed by atoms with van der Waals surface area (Å²) in [5.74, 6) is 2.70. The summed E-state index contributed by atoms with van der Waals surface area (Å²) in [6.45, 7) is 3.35. The molecule has 0 saturated carbocycles. The molecule has 6 heterocycles. The summed E-state index contributed by atoms with van der Waals surface area (Å²) >= 11 is 1.44. The fraction of sp³-hybridized carbons (Fsp3) is 0.500. The molecule has 1 aromatic heterocycles. The first-order chi connectivity index (χ1) is 13.3. The van der Waals surface area contributed by atoms with Crippen LogP contribution in [-0.4, -0.2) is 59.2 Å². The lowest BCUT2D eigenvalue weighted by molar-refractivity contribution is -0.00327. The predicted molar refractivity (Wildman–Crippen MR) is 100 cm³/mol. The second-order valence-corrected chi connectivity index (χ2v) is 8.78. The van der Waals surface area contributed by atoms with Crippen LogP contribution in [0.4, 0.5) is 0 Å². The summed E-state index contributed by atoms with van der Waals surface area (Å²) in [7, 11) is 0. The van der Waals surface area contributed by atoms with Crippen LogP contribution in [0.2, 0.25) is 0 Å². The Hall–Kier alpha value is -2.12. The smallest absolute Gasteiger partial charge is 0.265 e. The highest BCUT2D eigenvalue weighted by molar-refractivity contribution is 7.11. The van der Waals surface area contributed by atoms with E-state index in [1.165, 1.54) is 29.7 Å². The molecule has 0 spiro atoms. The first-order valence-corrected chi connectivity index (χ1v) is 10.5. The molecule has 5 aliphatic heterocycles. The van der Waals surface area contributed by atoms with Gasteiger partial charge in [-0.15, -0.1) is 11.3 Å². The van der Waals surface area contributed by atoms with Crippen molar-refractivity contribution in [2.45, 2.75) is 30.8 Å². The number of ether oxygens (including phenoxy) is 2. The van der Waals surface area contributed by atoms with Gasteiger partial charge in [0.25, 0.3) is 5.91 Å². The van der Waals surface area contributed by atoms with Gasteiger partial charge in [0, 0.05) is 18.5 Å². The fourth-order valence-electron chi connectivity index (χ4n) is 5.55. The third-order valence-electron chi connectivity index (χ3n) is 6.72. The number of nitrogens with zero attached hydrogens (tertiary/aromatic N) is 3. The van der Waals surface area contributed by atoms with Gasteiger partial charge in [0.2, 0.25) is 6.79 Å². The van der Waals surface area contributed by atoms with Crippen molar-refractivity contribution in [2.75, 3.05) is 26.4 Å². The predicted octanol–water partition coefficient (Wildman–Crippen LogP) is 2.57. The number of hydrogen-bond acceptors (Lipinski definition) is 6. The molecule has 6 nitrogen and oxygen atoms in total. The molecule has 1 aromatic carbocycles. The van der Waals surface area contributed by atoms with E-state index >= 15 is 0 Å². The summed E-state index contributed by atoms with van der Waals surface area (Å²) in [5, 5.41) is 0. The van der Waals surface area contributed by atoms with E-state index in [9.17, 15) is 4.79 Å². The highest BCUT2D eigenvalue weighted by Gasteiger charge is 2.54. The van der Waals surface area contributed by atoms with Crippen molar-refractivity contribution in [1.82, 2.24) is 14.8 Å². The number of carbonyl (C=O) groups is 1. The van der Waals surface area contributed by atoms with Gasteiger partial charge in [-0.2, -0.15) is 0 Å². The minimum Gasteiger partial charge on any atom is -0.454 e. The number of likely N-dealkylation sites (tertiary alicyclic amines) is 1. The van der Waals surface area contributed by atoms with Crippen molar-refractivity contribution in [3.63, 3.8) is 0 Å². The van der Waals surface area contributed by atoms with Crippen molar-refractivity contribution in [3.05, 3.63) is 40.3 Å². The number of amides is 1. The van der Waals surface area contributed by atoms with Crippen LogP contribution in [0.5, 0.6) is 11.5 Å². The molecule has 4 fully saturated rings. The van der Waals surface area contributed by atoms with Crippen LogP contribution in [0, 0.1) is 5.92 Å². The molecule has 5 aliphatic rings. The zero-order chi connectivity index (χ0) is 18.0. The lowest BCUT2D eigenvalue weighted by Crippen LogP contribution is -2.60. The zero-order valence-electron chi connectivity index (χ0n) is 14.9. The number of carbonyl (C=O) groups excluding carboxylic acids is 1. The van der Waals surface area contributed by atoms with Crippen molar-refractivity contribution in [1.29, 1.82) is 0 Å². The van der Waals surface area contributed by atoms with Gasteiger partial charge in [-0.3, -0.25) is 14.7 Å². The van der Waals surface area contributed by atoms with Crippen LogP contribution in [0.25, 0.3) is 0 Å². The Morgan fingerprint density at radius 2 is 2.00 bits per heavy atom. The van der Waals surface area contributed by atoms with E-state index in [4.69, 9.17) is 9.47 Å². The van der Waals surface area contributed by atoms with E-state index in [1.807, 2.05) is 6.07 Å². The number of fused-ring (bicyclic) bond motifs is 3. The van der Waals surface area contributed by atoms with Gasteiger partial charge in [-0.05, 0) is 49.5 Å². The Morgan fingerprint density at radius 1 is 1.15 bits per heavy atom. The zero-order valence-corrected chi connectivity index (χ0v) is 15.7. The molecule has 0 N–H and O–H groups in total. The first kappa shape index (κ1) is 15.9. The molecule has 27 heavy (non-hydrogen) atoms. The van der Waals surface area contributed by atoms with E-state index in [0.29, 0.717) is 30.7 Å². The Balaban J connectivity index is 1.39. The van der Waals surface area contributed by atoms with Gasteiger partial charge in [-0.1, -0.05) is 6.07 Å². The molecule has 4 saturated heterocycles. The van der Waals surface area contributed by atoms with Crippen LogP contribution < -0.4 is 9.47 Å². The minimum atomic E-state index is 0.143. The molecule has 1 amide bonds. The monoisotopic (exact) mass is 383 g/mol. The van der Waals surface area contributed by atoms with Gasteiger partial charge >= 0.3 is 0 Å². The second-order valence-electron chi connectivity index (χ2n) is 7.90. The topological polar surface area (TPSA) is 54.9 Å². The maximum Gasteiger partial charge on any atom is 0.265 e. The van der Waals surface area contributed by atoms with Crippen LogP contribution in [0.3, 0.4) is 0 Å². The minimum absolute atomic E-state index is 0.143. The number of hydrogen-bond donors (Lipinski definition) is 0. The SMILES string of the molecule is O=C(c1cncs1)N1C[C@H](c2ccc3c(c2)OCO3)[C@H]2[C@@H]1C1CCN2CC1. The Kier molecular flexibility index (Phi) is 3.50. The van der Waals surface area contributed by atoms with Gasteiger partial charge in [0.1, 0.15) is 4.88 Å². The number of piperidine rings is 3. The number of aromatic nitrogens is 1. The molecular formula is C20H21N3O3S. The second kappa shape index (κ2) is 5.94. The lowest BCUT2D eigenvalue weighted by Gasteiger charge is -2.51. The van der Waals surface area contributed by atoms with E-state index < -0.39 is 0 Å². The van der Waals surface area contributed by atoms with Crippen LogP contribution in [-0.2, 0) is 0 Å². The average Bonchev–Trinajstić information content (AvgIpc) is 3.47.